The number of hydrogen-bond acceptors (Lipinski definition) is 4. The molecule has 1 heterocycles. The fourth-order valence-corrected chi connectivity index (χ4v) is 2.99. The Morgan fingerprint density at radius 2 is 2.00 bits per heavy atom. The second-order valence-electron chi connectivity index (χ2n) is 5.90. The first-order valence-corrected chi connectivity index (χ1v) is 9.26. The van der Waals surface area contributed by atoms with Crippen molar-refractivity contribution in [2.45, 2.75) is 19.3 Å². The van der Waals surface area contributed by atoms with Crippen molar-refractivity contribution in [2.24, 2.45) is 0 Å². The van der Waals surface area contributed by atoms with Crippen molar-refractivity contribution in [1.82, 2.24) is 10.3 Å². The van der Waals surface area contributed by atoms with Crippen molar-refractivity contribution in [3.05, 3.63) is 76.0 Å². The van der Waals surface area contributed by atoms with Crippen molar-refractivity contribution < 1.29 is 27.1 Å². The Hall–Kier alpha value is -3.14. The maximum atomic E-state index is 13.1. The Labute approximate surface area is 167 Å². The van der Waals surface area contributed by atoms with Gasteiger partial charge in [0.25, 0.3) is 0 Å². The molecule has 0 aliphatic carbocycles. The number of alkyl halides is 3. The lowest BCUT2D eigenvalue weighted by Crippen LogP contribution is -2.29. The standard InChI is InChI=1S/C19H15F4N3O2S/c20-13-5-4-12(17(6-13)19(21,22)23)8-24-18(27)26-14-2-1-3-16(7-14)28-9-15-10-29-11-25-15/h1-7,10-11H,8-9H2,(H2,24,26,27). The maximum absolute atomic E-state index is 13.1. The molecule has 0 spiro atoms. The second-order valence-corrected chi connectivity index (χ2v) is 6.62. The number of ether oxygens (including phenoxy) is 1. The number of nitrogens with zero attached hydrogens (tertiary/aromatic N) is 1. The number of amides is 2. The normalized spacial score (nSPS) is 11.2. The lowest BCUT2D eigenvalue weighted by molar-refractivity contribution is -0.138. The van der Waals surface area contributed by atoms with E-state index in [-0.39, 0.29) is 12.2 Å². The number of hydrogen-bond donors (Lipinski definition) is 2. The van der Waals surface area contributed by atoms with E-state index in [1.165, 1.54) is 11.3 Å². The molecule has 0 unspecified atom stereocenters. The minimum absolute atomic E-state index is 0.241. The smallest absolute Gasteiger partial charge is 0.416 e. The second kappa shape index (κ2) is 8.91. The van der Waals surface area contributed by atoms with Crippen LogP contribution >= 0.6 is 11.3 Å². The van der Waals surface area contributed by atoms with Crippen LogP contribution in [0.3, 0.4) is 0 Å². The van der Waals surface area contributed by atoms with Gasteiger partial charge in [0, 0.05) is 23.7 Å². The molecule has 0 radical (unpaired) electrons. The third-order valence-corrected chi connectivity index (χ3v) is 4.41. The van der Waals surface area contributed by atoms with E-state index in [1.807, 2.05) is 5.38 Å². The van der Waals surface area contributed by atoms with Crippen molar-refractivity contribution in [1.29, 1.82) is 0 Å². The molecule has 0 atom stereocenters. The van der Waals surface area contributed by atoms with Gasteiger partial charge in [-0.3, -0.25) is 0 Å². The van der Waals surface area contributed by atoms with E-state index in [9.17, 15) is 22.4 Å². The molecule has 0 saturated carbocycles. The lowest BCUT2D eigenvalue weighted by Gasteiger charge is -2.14. The number of halogens is 4. The van der Waals surface area contributed by atoms with Crippen molar-refractivity contribution in [3.63, 3.8) is 0 Å². The van der Waals surface area contributed by atoms with E-state index in [2.05, 4.69) is 15.6 Å². The van der Waals surface area contributed by atoms with Crippen LogP contribution in [-0.2, 0) is 19.3 Å². The molecule has 29 heavy (non-hydrogen) atoms. The largest absolute Gasteiger partial charge is 0.487 e. The average Bonchev–Trinajstić information content (AvgIpc) is 3.18. The maximum Gasteiger partial charge on any atom is 0.416 e. The summed E-state index contributed by atoms with van der Waals surface area (Å²) in [5.74, 6) is -0.506. The van der Waals surface area contributed by atoms with Crippen LogP contribution in [0.5, 0.6) is 5.75 Å². The first-order valence-electron chi connectivity index (χ1n) is 8.31. The highest BCUT2D eigenvalue weighted by Gasteiger charge is 2.33. The highest BCUT2D eigenvalue weighted by Crippen LogP contribution is 2.32. The van der Waals surface area contributed by atoms with Crippen LogP contribution in [0.1, 0.15) is 16.8 Å². The minimum atomic E-state index is -4.72. The Morgan fingerprint density at radius 3 is 2.72 bits per heavy atom. The predicted molar refractivity (Wildman–Crippen MR) is 100 cm³/mol. The van der Waals surface area contributed by atoms with E-state index in [4.69, 9.17) is 4.74 Å². The molecular weight excluding hydrogens is 410 g/mol. The lowest BCUT2D eigenvalue weighted by atomic mass is 10.1. The zero-order valence-electron chi connectivity index (χ0n) is 14.8. The van der Waals surface area contributed by atoms with Gasteiger partial charge in [-0.25, -0.2) is 14.2 Å². The Bertz CT molecular complexity index is 978. The van der Waals surface area contributed by atoms with Crippen LogP contribution in [0.15, 0.2) is 53.4 Å². The molecule has 3 aromatic rings. The fraction of sp³-hybridized carbons (Fsp3) is 0.158. The number of carbonyl (C=O) groups is 1. The molecule has 0 bridgehead atoms. The Morgan fingerprint density at radius 1 is 1.17 bits per heavy atom. The quantitative estimate of drug-likeness (QED) is 0.534. The van der Waals surface area contributed by atoms with Gasteiger partial charge in [-0.1, -0.05) is 12.1 Å². The summed E-state index contributed by atoms with van der Waals surface area (Å²) in [5.41, 5.74) is 1.48. The third-order valence-electron chi connectivity index (χ3n) is 3.78. The first-order chi connectivity index (χ1) is 13.8. The molecule has 1 aromatic heterocycles. The number of nitrogens with one attached hydrogen (secondary N) is 2. The molecule has 3 rings (SSSR count). The summed E-state index contributed by atoms with van der Waals surface area (Å²) in [6.45, 7) is -0.148. The van der Waals surface area contributed by atoms with Crippen LogP contribution in [0.25, 0.3) is 0 Å². The average molecular weight is 425 g/mol. The molecule has 152 valence electrons. The molecule has 0 aliphatic rings. The number of urea groups is 1. The Kier molecular flexibility index (Phi) is 6.32. The molecule has 2 aromatic carbocycles. The molecular formula is C19H15F4N3O2S. The summed E-state index contributed by atoms with van der Waals surface area (Å²) in [6, 6.07) is 8.13. The number of benzene rings is 2. The molecule has 5 nitrogen and oxygen atoms in total. The zero-order chi connectivity index (χ0) is 20.9. The van der Waals surface area contributed by atoms with Crippen molar-refractivity contribution >= 4 is 23.1 Å². The van der Waals surface area contributed by atoms with E-state index < -0.39 is 30.1 Å². The number of thiazole rings is 1. The van der Waals surface area contributed by atoms with Gasteiger partial charge < -0.3 is 15.4 Å². The van der Waals surface area contributed by atoms with Gasteiger partial charge in [0.05, 0.1) is 16.8 Å². The van der Waals surface area contributed by atoms with Gasteiger partial charge in [0.1, 0.15) is 18.2 Å². The van der Waals surface area contributed by atoms with E-state index >= 15 is 0 Å². The van der Waals surface area contributed by atoms with Gasteiger partial charge >= 0.3 is 12.2 Å². The van der Waals surface area contributed by atoms with Crippen molar-refractivity contribution in [3.8, 4) is 5.75 Å². The summed E-state index contributed by atoms with van der Waals surface area (Å²) < 4.78 is 57.7. The first kappa shape index (κ1) is 20.6. The predicted octanol–water partition coefficient (Wildman–Crippen LogP) is 5.20. The van der Waals surface area contributed by atoms with E-state index in [0.29, 0.717) is 17.5 Å². The minimum Gasteiger partial charge on any atom is -0.487 e. The van der Waals surface area contributed by atoms with E-state index in [0.717, 1.165) is 17.8 Å². The monoisotopic (exact) mass is 425 g/mol. The van der Waals surface area contributed by atoms with Crippen LogP contribution in [-0.4, -0.2) is 11.0 Å². The number of anilines is 1. The van der Waals surface area contributed by atoms with Crippen LogP contribution in [0, 0.1) is 5.82 Å². The number of aromatic nitrogens is 1. The van der Waals surface area contributed by atoms with Gasteiger partial charge in [-0.05, 0) is 29.8 Å². The molecule has 0 aliphatic heterocycles. The molecule has 0 fully saturated rings. The summed E-state index contributed by atoms with van der Waals surface area (Å²) in [4.78, 5) is 16.1. The molecule has 2 N–H and O–H groups in total. The summed E-state index contributed by atoms with van der Waals surface area (Å²) >= 11 is 1.45. The Balaban J connectivity index is 1.58. The zero-order valence-corrected chi connectivity index (χ0v) is 15.6. The number of rotatable bonds is 6. The van der Waals surface area contributed by atoms with Gasteiger partial charge in [-0.15, -0.1) is 11.3 Å². The molecule has 10 heteroatoms. The third kappa shape index (κ3) is 5.92. The fourth-order valence-electron chi connectivity index (χ4n) is 2.45. The van der Waals surface area contributed by atoms with Gasteiger partial charge in [-0.2, -0.15) is 13.2 Å². The van der Waals surface area contributed by atoms with Crippen LogP contribution in [0.4, 0.5) is 28.0 Å². The highest BCUT2D eigenvalue weighted by molar-refractivity contribution is 7.07. The topological polar surface area (TPSA) is 63.2 Å². The molecule has 0 saturated heterocycles. The SMILES string of the molecule is O=C(NCc1ccc(F)cc1C(F)(F)F)Nc1cccc(OCc2cscn2)c1. The highest BCUT2D eigenvalue weighted by atomic mass is 32.1. The van der Waals surface area contributed by atoms with Crippen LogP contribution in [0.2, 0.25) is 0 Å². The summed E-state index contributed by atoms with van der Waals surface area (Å²) in [5, 5.41) is 6.70. The van der Waals surface area contributed by atoms with Crippen LogP contribution < -0.4 is 15.4 Å². The summed E-state index contributed by atoms with van der Waals surface area (Å²) in [7, 11) is 0. The summed E-state index contributed by atoms with van der Waals surface area (Å²) in [6.07, 6.45) is -4.72. The number of carbonyl (C=O) groups excluding carboxylic acids is 1. The van der Waals surface area contributed by atoms with E-state index in [1.54, 1.807) is 29.8 Å². The molecule has 2 amide bonds. The van der Waals surface area contributed by atoms with Gasteiger partial charge in [0.15, 0.2) is 0 Å². The van der Waals surface area contributed by atoms with Crippen molar-refractivity contribution in [2.75, 3.05) is 5.32 Å². The van der Waals surface area contributed by atoms with Gasteiger partial charge in [0.2, 0.25) is 0 Å².